The summed E-state index contributed by atoms with van der Waals surface area (Å²) in [5.74, 6) is -0.0427. The second-order valence-corrected chi connectivity index (χ2v) is 11.3. The van der Waals surface area contributed by atoms with Crippen LogP contribution in [0.3, 0.4) is 0 Å². The molecule has 1 N–H and O–H groups in total. The second kappa shape index (κ2) is 8.98. The van der Waals surface area contributed by atoms with E-state index in [0.717, 1.165) is 66.6 Å². The van der Waals surface area contributed by atoms with Crippen molar-refractivity contribution in [3.05, 3.63) is 63.8 Å². The van der Waals surface area contributed by atoms with Gasteiger partial charge in [0.15, 0.2) is 5.78 Å². The van der Waals surface area contributed by atoms with Crippen LogP contribution in [-0.2, 0) is 10.2 Å². The highest BCUT2D eigenvalue weighted by Gasteiger charge is 2.47. The normalized spacial score (nSPS) is 21.3. The number of carbonyl (C=O) groups excluding carboxylic acids is 1. The molecule has 0 bridgehead atoms. The molecule has 1 spiro atoms. The fraction of sp³-hybridized carbons (Fsp3) is 0.452. The van der Waals surface area contributed by atoms with E-state index in [-0.39, 0.29) is 12.6 Å². The molecule has 4 aliphatic rings. The van der Waals surface area contributed by atoms with Crippen LogP contribution in [0.15, 0.2) is 30.3 Å². The van der Waals surface area contributed by atoms with Gasteiger partial charge in [-0.1, -0.05) is 6.07 Å². The van der Waals surface area contributed by atoms with E-state index in [1.54, 1.807) is 6.07 Å². The van der Waals surface area contributed by atoms with Crippen LogP contribution < -0.4 is 4.90 Å². The van der Waals surface area contributed by atoms with Gasteiger partial charge in [-0.2, -0.15) is 10.5 Å². The lowest BCUT2D eigenvalue weighted by molar-refractivity contribution is 0.0602. The number of rotatable bonds is 2. The molecule has 1 aromatic heterocycles. The van der Waals surface area contributed by atoms with Crippen LogP contribution in [0.25, 0.3) is 10.9 Å². The van der Waals surface area contributed by atoms with Crippen molar-refractivity contribution in [1.29, 1.82) is 10.5 Å². The average Bonchev–Trinajstić information content (AvgIpc) is 3.65. The minimum atomic E-state index is -0.390. The Morgan fingerprint density at radius 2 is 1.76 bits per heavy atom. The predicted octanol–water partition coefficient (Wildman–Crippen LogP) is 4.86. The van der Waals surface area contributed by atoms with E-state index in [1.165, 1.54) is 25.9 Å². The Morgan fingerprint density at radius 1 is 1.00 bits per heavy atom. The Morgan fingerprint density at radius 3 is 2.47 bits per heavy atom. The smallest absolute Gasteiger partial charge is 0.195 e. The number of anilines is 1. The van der Waals surface area contributed by atoms with Crippen molar-refractivity contribution in [2.24, 2.45) is 0 Å². The summed E-state index contributed by atoms with van der Waals surface area (Å²) >= 11 is 0. The minimum Gasteiger partial charge on any atom is -0.381 e. The summed E-state index contributed by atoms with van der Waals surface area (Å²) in [6, 6.07) is 14.7. The number of aromatic amines is 1. The highest BCUT2D eigenvalue weighted by atomic mass is 16.5. The van der Waals surface area contributed by atoms with Crippen LogP contribution >= 0.6 is 0 Å². The van der Waals surface area contributed by atoms with E-state index < -0.39 is 0 Å². The monoisotopic (exact) mass is 507 g/mol. The maximum Gasteiger partial charge on any atom is 0.195 e. The van der Waals surface area contributed by atoms with E-state index in [2.05, 4.69) is 33.0 Å². The molecule has 4 heterocycles. The van der Waals surface area contributed by atoms with Crippen LogP contribution in [-0.4, -0.2) is 61.1 Å². The van der Waals surface area contributed by atoms with Gasteiger partial charge in [0.05, 0.1) is 28.4 Å². The van der Waals surface area contributed by atoms with Crippen molar-refractivity contribution in [1.82, 2.24) is 9.88 Å². The summed E-state index contributed by atoms with van der Waals surface area (Å²) in [7, 11) is 0. The van der Waals surface area contributed by atoms with E-state index in [1.807, 2.05) is 18.2 Å². The van der Waals surface area contributed by atoms with Gasteiger partial charge in [-0.05, 0) is 81.4 Å². The second-order valence-electron chi connectivity index (χ2n) is 11.3. The van der Waals surface area contributed by atoms with Crippen molar-refractivity contribution in [3.8, 4) is 12.1 Å². The Bertz CT molecular complexity index is 1530. The van der Waals surface area contributed by atoms with Crippen LogP contribution in [0, 0.1) is 22.7 Å². The number of aromatic nitrogens is 1. The molecule has 0 saturated carbocycles. The topological polar surface area (TPSA) is 96.2 Å². The SMILES string of the molecule is N#Cc1ccc2c3c([nH]c2c1)C1(CCOCC1)c1cc(N2CCC(N4CCCC4)CC2)c(C#N)cc1C3=O.[HH]. The molecule has 2 aromatic carbocycles. The van der Waals surface area contributed by atoms with E-state index in [0.29, 0.717) is 41.5 Å². The third-order valence-electron chi connectivity index (χ3n) is 9.46. The van der Waals surface area contributed by atoms with E-state index >= 15 is 0 Å². The fourth-order valence-electron chi connectivity index (χ4n) is 7.47. The zero-order valence-corrected chi connectivity index (χ0v) is 21.6. The van der Waals surface area contributed by atoms with Gasteiger partial charge in [-0.25, -0.2) is 0 Å². The van der Waals surface area contributed by atoms with Crippen molar-refractivity contribution >= 4 is 22.4 Å². The standard InChI is InChI=1S/C31H31N5O2.H2/c32-18-20-3-4-23-26(15-20)34-30-28(23)29(37)24-16-21(19-33)27(17-25(24)31(30)7-13-38-14-8-31)36-11-5-22(6-12-36)35-9-1-2-10-35;/h3-4,15-17,22,34H,1-2,5-14H2;1H. The number of nitrogens with one attached hydrogen (secondary N) is 1. The number of hydrogen-bond donors (Lipinski definition) is 1. The van der Waals surface area contributed by atoms with Gasteiger partial charge in [0.2, 0.25) is 0 Å². The van der Waals surface area contributed by atoms with Crippen molar-refractivity contribution in [2.75, 3.05) is 44.3 Å². The molecule has 0 amide bonds. The number of nitrogens with zero attached hydrogens (tertiary/aromatic N) is 4. The summed E-state index contributed by atoms with van der Waals surface area (Å²) < 4.78 is 5.81. The lowest BCUT2D eigenvalue weighted by Gasteiger charge is -2.43. The van der Waals surface area contributed by atoms with Crippen LogP contribution in [0.1, 0.15) is 78.3 Å². The molecule has 3 aliphatic heterocycles. The number of H-pyrrole nitrogens is 1. The number of fused-ring (bicyclic) bond motifs is 6. The van der Waals surface area contributed by atoms with Gasteiger partial charge in [0.1, 0.15) is 6.07 Å². The molecular weight excluding hydrogens is 474 g/mol. The fourth-order valence-corrected chi connectivity index (χ4v) is 7.47. The molecule has 1 aliphatic carbocycles. The number of hydrogen-bond acceptors (Lipinski definition) is 6. The van der Waals surface area contributed by atoms with Crippen molar-refractivity contribution in [2.45, 2.75) is 50.0 Å². The Balaban J connectivity index is 0.00000277. The Labute approximate surface area is 224 Å². The first kappa shape index (κ1) is 23.5. The van der Waals surface area contributed by atoms with E-state index in [4.69, 9.17) is 4.74 Å². The number of nitriles is 2. The molecule has 3 fully saturated rings. The molecule has 0 unspecified atom stereocenters. The maximum atomic E-state index is 14.1. The molecule has 3 saturated heterocycles. The molecule has 7 nitrogen and oxygen atoms in total. The van der Waals surface area contributed by atoms with Crippen LogP contribution in [0.2, 0.25) is 0 Å². The number of benzene rings is 2. The average molecular weight is 508 g/mol. The molecule has 38 heavy (non-hydrogen) atoms. The largest absolute Gasteiger partial charge is 0.381 e. The highest BCUT2D eigenvalue weighted by Crippen LogP contribution is 2.51. The zero-order valence-electron chi connectivity index (χ0n) is 21.6. The highest BCUT2D eigenvalue weighted by molar-refractivity contribution is 6.20. The summed E-state index contributed by atoms with van der Waals surface area (Å²) in [5.41, 5.74) is 5.79. The van der Waals surface area contributed by atoms with Gasteiger partial charge < -0.3 is 19.5 Å². The quantitative estimate of drug-likeness (QED) is 0.532. The van der Waals surface area contributed by atoms with Crippen LogP contribution in [0.4, 0.5) is 5.69 Å². The third-order valence-corrected chi connectivity index (χ3v) is 9.46. The third kappa shape index (κ3) is 3.42. The first-order valence-electron chi connectivity index (χ1n) is 13.9. The summed E-state index contributed by atoms with van der Waals surface area (Å²) in [6.07, 6.45) is 6.34. The first-order chi connectivity index (χ1) is 18.6. The molecule has 0 radical (unpaired) electrons. The predicted molar refractivity (Wildman–Crippen MR) is 147 cm³/mol. The minimum absolute atomic E-state index is 0. The summed E-state index contributed by atoms with van der Waals surface area (Å²) in [4.78, 5) is 22.6. The van der Waals surface area contributed by atoms with Gasteiger partial charge in [-0.15, -0.1) is 0 Å². The Hall–Kier alpha value is -3.65. The summed E-state index contributed by atoms with van der Waals surface area (Å²) in [6.45, 7) is 5.50. The van der Waals surface area contributed by atoms with Gasteiger partial charge in [0, 0.05) is 61.3 Å². The van der Waals surface area contributed by atoms with Crippen molar-refractivity contribution < 1.29 is 11.0 Å². The van der Waals surface area contributed by atoms with Crippen molar-refractivity contribution in [3.63, 3.8) is 0 Å². The van der Waals surface area contributed by atoms with E-state index in [9.17, 15) is 15.3 Å². The number of piperidine rings is 1. The molecule has 194 valence electrons. The summed E-state index contributed by atoms with van der Waals surface area (Å²) in [5, 5.41) is 20.5. The molecule has 0 atom stereocenters. The molecular formula is C31H33N5O2. The number of ketones is 1. The lowest BCUT2D eigenvalue weighted by Crippen LogP contribution is -2.44. The first-order valence-corrected chi connectivity index (χ1v) is 13.9. The number of ether oxygens (including phenoxy) is 1. The van der Waals surface area contributed by atoms with Crippen LogP contribution in [0.5, 0.6) is 0 Å². The van der Waals surface area contributed by atoms with Gasteiger partial charge >= 0.3 is 0 Å². The number of carbonyl (C=O) groups is 1. The molecule has 7 heteroatoms. The zero-order chi connectivity index (χ0) is 25.9. The molecule has 7 rings (SSSR count). The maximum absolute atomic E-state index is 14.1. The van der Waals surface area contributed by atoms with Gasteiger partial charge in [-0.3, -0.25) is 4.79 Å². The lowest BCUT2D eigenvalue weighted by atomic mass is 9.64. The molecule has 3 aromatic rings. The Kier molecular flexibility index (Phi) is 5.54. The number of likely N-dealkylation sites (tertiary alicyclic amines) is 1. The van der Waals surface area contributed by atoms with Gasteiger partial charge in [0.25, 0.3) is 0 Å².